The van der Waals surface area contributed by atoms with Gasteiger partial charge in [0.2, 0.25) is 0 Å². The molecule has 1 atom stereocenters. The van der Waals surface area contributed by atoms with Crippen LogP contribution in [0, 0.1) is 0 Å². The number of hydrogen-bond acceptors (Lipinski definition) is 2. The lowest BCUT2D eigenvalue weighted by molar-refractivity contribution is 0.414. The van der Waals surface area contributed by atoms with Crippen molar-refractivity contribution in [1.82, 2.24) is 15.6 Å². The quantitative estimate of drug-likeness (QED) is 0.572. The van der Waals surface area contributed by atoms with Crippen LogP contribution in [0.3, 0.4) is 0 Å². The minimum Gasteiger partial charge on any atom is -0.497 e. The van der Waals surface area contributed by atoms with Crippen molar-refractivity contribution in [3.05, 3.63) is 65.9 Å². The molecule has 0 saturated heterocycles. The van der Waals surface area contributed by atoms with Gasteiger partial charge in [-0.15, -0.1) is 0 Å². The van der Waals surface area contributed by atoms with E-state index in [0.29, 0.717) is 17.7 Å². The molecular formula is C21H25N3OS. The zero-order valence-corrected chi connectivity index (χ0v) is 16.2. The minimum absolute atomic E-state index is 0.170. The van der Waals surface area contributed by atoms with Gasteiger partial charge in [-0.2, -0.15) is 0 Å². The average Bonchev–Trinajstić information content (AvgIpc) is 3.06. The van der Waals surface area contributed by atoms with Gasteiger partial charge in [0.25, 0.3) is 0 Å². The van der Waals surface area contributed by atoms with E-state index in [9.17, 15) is 0 Å². The first kappa shape index (κ1) is 18.3. The molecule has 3 rings (SSSR count). The molecule has 0 spiro atoms. The third kappa shape index (κ3) is 4.17. The topological polar surface area (TPSA) is 49.1 Å². The molecule has 3 N–H and O–H groups in total. The predicted molar refractivity (Wildman–Crippen MR) is 112 cm³/mol. The van der Waals surface area contributed by atoms with Crippen molar-refractivity contribution in [3.8, 4) is 5.75 Å². The van der Waals surface area contributed by atoms with Crippen molar-refractivity contribution in [2.24, 2.45) is 0 Å². The number of aromatic nitrogens is 1. The van der Waals surface area contributed by atoms with E-state index in [1.807, 2.05) is 18.2 Å². The molecule has 0 radical (unpaired) electrons. The summed E-state index contributed by atoms with van der Waals surface area (Å²) < 4.78 is 5.30. The van der Waals surface area contributed by atoms with E-state index < -0.39 is 0 Å². The summed E-state index contributed by atoms with van der Waals surface area (Å²) in [6, 6.07) is 16.9. The second-order valence-corrected chi connectivity index (χ2v) is 7.03. The van der Waals surface area contributed by atoms with Gasteiger partial charge >= 0.3 is 0 Å². The third-order valence-corrected chi connectivity index (χ3v) is 4.66. The Labute approximate surface area is 160 Å². The number of ether oxygens (including phenoxy) is 1. The molecule has 0 fully saturated rings. The van der Waals surface area contributed by atoms with Crippen LogP contribution in [0.1, 0.15) is 30.9 Å². The number of methoxy groups -OCH3 is 1. The van der Waals surface area contributed by atoms with Crippen molar-refractivity contribution in [3.63, 3.8) is 0 Å². The van der Waals surface area contributed by atoms with Crippen molar-refractivity contribution >= 4 is 28.2 Å². The van der Waals surface area contributed by atoms with Crippen molar-refractivity contribution in [1.29, 1.82) is 0 Å². The number of thiocarbonyl (C=S) groups is 1. The highest BCUT2D eigenvalue weighted by Gasteiger charge is 2.18. The number of rotatable bonds is 6. The van der Waals surface area contributed by atoms with Crippen LogP contribution in [0.5, 0.6) is 5.75 Å². The van der Waals surface area contributed by atoms with E-state index >= 15 is 0 Å². The Kier molecular flexibility index (Phi) is 5.78. The molecule has 3 aromatic rings. The zero-order valence-electron chi connectivity index (χ0n) is 15.4. The number of benzene rings is 2. The van der Waals surface area contributed by atoms with E-state index in [4.69, 9.17) is 17.0 Å². The summed E-state index contributed by atoms with van der Waals surface area (Å²) in [6.45, 7) is 4.87. The van der Waals surface area contributed by atoms with Gasteiger partial charge in [0, 0.05) is 35.6 Å². The molecule has 26 heavy (non-hydrogen) atoms. The Morgan fingerprint density at radius 1 is 1.12 bits per heavy atom. The van der Waals surface area contributed by atoms with Crippen molar-refractivity contribution in [2.75, 3.05) is 13.7 Å². The summed E-state index contributed by atoms with van der Waals surface area (Å²) in [5.74, 6) is 1.03. The number of fused-ring (bicyclic) bond motifs is 1. The molecule has 1 heterocycles. The van der Waals surface area contributed by atoms with E-state index in [0.717, 1.165) is 11.3 Å². The Morgan fingerprint density at radius 3 is 2.54 bits per heavy atom. The van der Waals surface area contributed by atoms with Crippen LogP contribution in [0.15, 0.2) is 54.7 Å². The van der Waals surface area contributed by atoms with Crippen LogP contribution in [-0.4, -0.2) is 29.8 Å². The largest absolute Gasteiger partial charge is 0.497 e. The molecule has 0 unspecified atom stereocenters. The van der Waals surface area contributed by atoms with Crippen LogP contribution < -0.4 is 15.4 Å². The molecular weight excluding hydrogens is 342 g/mol. The fourth-order valence-corrected chi connectivity index (χ4v) is 3.45. The smallest absolute Gasteiger partial charge is 0.166 e. The molecule has 5 heteroatoms. The monoisotopic (exact) mass is 367 g/mol. The Bertz CT molecular complexity index is 870. The maximum Gasteiger partial charge on any atom is 0.166 e. The van der Waals surface area contributed by atoms with Gasteiger partial charge in [-0.1, -0.05) is 30.3 Å². The molecule has 136 valence electrons. The van der Waals surface area contributed by atoms with Gasteiger partial charge in [-0.3, -0.25) is 0 Å². The molecule has 1 aromatic heterocycles. The molecule has 0 amide bonds. The first-order valence-corrected chi connectivity index (χ1v) is 9.23. The van der Waals surface area contributed by atoms with Crippen LogP contribution in [-0.2, 0) is 0 Å². The normalized spacial score (nSPS) is 12.2. The van der Waals surface area contributed by atoms with Gasteiger partial charge in [0.1, 0.15) is 5.75 Å². The average molecular weight is 368 g/mol. The zero-order chi connectivity index (χ0) is 18.5. The predicted octanol–water partition coefficient (Wildman–Crippen LogP) is 4.18. The second kappa shape index (κ2) is 8.23. The van der Waals surface area contributed by atoms with Crippen LogP contribution in [0.2, 0.25) is 0 Å². The molecule has 0 saturated carbocycles. The fourth-order valence-electron chi connectivity index (χ4n) is 3.13. The lowest BCUT2D eigenvalue weighted by Gasteiger charge is -2.21. The third-order valence-electron chi connectivity index (χ3n) is 4.40. The van der Waals surface area contributed by atoms with E-state index in [1.165, 1.54) is 16.5 Å². The van der Waals surface area contributed by atoms with E-state index in [1.54, 1.807) is 7.11 Å². The summed E-state index contributed by atoms with van der Waals surface area (Å²) in [4.78, 5) is 3.38. The molecule has 0 aliphatic carbocycles. The fraction of sp³-hybridized carbons (Fsp3) is 0.286. The highest BCUT2D eigenvalue weighted by Crippen LogP contribution is 2.31. The van der Waals surface area contributed by atoms with Gasteiger partial charge in [0.05, 0.1) is 7.11 Å². The molecule has 2 aromatic carbocycles. The van der Waals surface area contributed by atoms with Gasteiger partial charge < -0.3 is 20.4 Å². The lowest BCUT2D eigenvalue weighted by atomic mass is 9.91. The molecule has 0 aliphatic heterocycles. The van der Waals surface area contributed by atoms with Crippen LogP contribution in [0.4, 0.5) is 0 Å². The number of nitrogens with one attached hydrogen (secondary N) is 3. The van der Waals surface area contributed by atoms with Crippen molar-refractivity contribution in [2.45, 2.75) is 25.8 Å². The molecule has 4 nitrogen and oxygen atoms in total. The SMILES string of the molecule is COc1ccc([C@H](CNC(=S)NC(C)C)c2c[nH]c3ccccc23)cc1. The number of hydrogen-bond donors (Lipinski definition) is 3. The first-order chi connectivity index (χ1) is 12.6. The molecule has 0 aliphatic rings. The van der Waals surface area contributed by atoms with Gasteiger partial charge in [-0.05, 0) is 55.4 Å². The Balaban J connectivity index is 1.91. The van der Waals surface area contributed by atoms with E-state index in [-0.39, 0.29) is 5.92 Å². The summed E-state index contributed by atoms with van der Waals surface area (Å²) >= 11 is 5.41. The van der Waals surface area contributed by atoms with Gasteiger partial charge in [0.15, 0.2) is 5.11 Å². The number of H-pyrrole nitrogens is 1. The maximum absolute atomic E-state index is 5.41. The standard InChI is InChI=1S/C21H25N3OS/c1-14(2)24-21(26)23-12-18(15-8-10-16(25-3)11-9-15)19-13-22-20-7-5-4-6-17(19)20/h4-11,13-14,18,22H,12H2,1-3H3,(H2,23,24,26)/t18-/m0/s1. The maximum atomic E-state index is 5.41. The summed E-state index contributed by atoms with van der Waals surface area (Å²) in [5, 5.41) is 8.53. The summed E-state index contributed by atoms with van der Waals surface area (Å²) in [5.41, 5.74) is 3.62. The van der Waals surface area contributed by atoms with E-state index in [2.05, 4.69) is 66.0 Å². The Morgan fingerprint density at radius 2 is 1.85 bits per heavy atom. The van der Waals surface area contributed by atoms with Crippen LogP contribution in [0.25, 0.3) is 10.9 Å². The second-order valence-electron chi connectivity index (χ2n) is 6.62. The number of aromatic amines is 1. The van der Waals surface area contributed by atoms with Crippen molar-refractivity contribution < 1.29 is 4.74 Å². The number of para-hydroxylation sites is 1. The Hall–Kier alpha value is -2.53. The van der Waals surface area contributed by atoms with Crippen LogP contribution >= 0.6 is 12.2 Å². The highest BCUT2D eigenvalue weighted by molar-refractivity contribution is 7.80. The summed E-state index contributed by atoms with van der Waals surface area (Å²) in [6.07, 6.45) is 2.10. The highest BCUT2D eigenvalue weighted by atomic mass is 32.1. The molecule has 0 bridgehead atoms. The summed E-state index contributed by atoms with van der Waals surface area (Å²) in [7, 11) is 1.68. The first-order valence-electron chi connectivity index (χ1n) is 8.83. The lowest BCUT2D eigenvalue weighted by Crippen LogP contribution is -2.41. The minimum atomic E-state index is 0.170. The van der Waals surface area contributed by atoms with Gasteiger partial charge in [-0.25, -0.2) is 0 Å².